The maximum absolute atomic E-state index is 12.9. The van der Waals surface area contributed by atoms with Crippen LogP contribution in [0.25, 0.3) is 10.2 Å². The van der Waals surface area contributed by atoms with Gasteiger partial charge in [0.05, 0.1) is 15.1 Å². The molecule has 1 saturated heterocycles. The molecule has 164 valence electrons. The van der Waals surface area contributed by atoms with Gasteiger partial charge in [-0.05, 0) is 61.7 Å². The zero-order valence-electron chi connectivity index (χ0n) is 17.5. The van der Waals surface area contributed by atoms with Crippen molar-refractivity contribution in [3.63, 3.8) is 0 Å². The van der Waals surface area contributed by atoms with Crippen LogP contribution in [0.15, 0.2) is 46.3 Å². The number of fused-ring (bicyclic) bond motifs is 1. The van der Waals surface area contributed by atoms with E-state index in [1.165, 1.54) is 35.6 Å². The molecule has 1 aromatic heterocycles. The molecule has 0 saturated carbocycles. The van der Waals surface area contributed by atoms with Crippen molar-refractivity contribution in [1.29, 1.82) is 0 Å². The molecule has 2 aromatic carbocycles. The van der Waals surface area contributed by atoms with E-state index in [1.807, 2.05) is 30.7 Å². The van der Waals surface area contributed by atoms with Crippen molar-refractivity contribution in [3.05, 3.63) is 57.3 Å². The standard InChI is InChI=1S/C22H24ClN3O3S2/c1-15-13-17(23)14-19-20(15)25(2)22(30-19)24-21(27)16-7-9-18(10-8-16)31(28,29)26-11-5-3-4-6-12-26/h7-10,13-14H,3-6,11-12H2,1-2H3. The molecule has 3 aromatic rings. The number of halogens is 1. The van der Waals surface area contributed by atoms with Gasteiger partial charge in [0.25, 0.3) is 5.91 Å². The highest BCUT2D eigenvalue weighted by Crippen LogP contribution is 2.25. The largest absolute Gasteiger partial charge is 0.319 e. The van der Waals surface area contributed by atoms with E-state index in [4.69, 9.17) is 11.6 Å². The third-order valence-corrected chi connectivity index (χ3v) is 8.77. The molecule has 1 fully saturated rings. The zero-order valence-corrected chi connectivity index (χ0v) is 19.9. The zero-order chi connectivity index (χ0) is 22.2. The Morgan fingerprint density at radius 1 is 1.06 bits per heavy atom. The molecule has 0 unspecified atom stereocenters. The van der Waals surface area contributed by atoms with Gasteiger partial charge in [-0.15, -0.1) is 0 Å². The highest BCUT2D eigenvalue weighted by atomic mass is 35.5. The second-order valence-corrected chi connectivity index (χ2v) is 11.2. The number of carbonyl (C=O) groups is 1. The molecular formula is C22H24ClN3O3S2. The van der Waals surface area contributed by atoms with Crippen molar-refractivity contribution in [2.75, 3.05) is 13.1 Å². The molecule has 0 atom stereocenters. The summed E-state index contributed by atoms with van der Waals surface area (Å²) < 4.78 is 30.2. The molecule has 0 radical (unpaired) electrons. The Balaban J connectivity index is 1.63. The number of rotatable bonds is 3. The predicted octanol–water partition coefficient (Wildman–Crippen LogP) is 4.51. The number of sulfonamides is 1. The van der Waals surface area contributed by atoms with Crippen LogP contribution < -0.4 is 4.80 Å². The molecule has 0 bridgehead atoms. The summed E-state index contributed by atoms with van der Waals surface area (Å²) in [4.78, 5) is 17.8. The summed E-state index contributed by atoms with van der Waals surface area (Å²) in [5.74, 6) is -0.412. The van der Waals surface area contributed by atoms with Crippen LogP contribution in [-0.2, 0) is 17.1 Å². The van der Waals surface area contributed by atoms with Crippen molar-refractivity contribution in [3.8, 4) is 0 Å². The normalized spacial score (nSPS) is 16.5. The Hall–Kier alpha value is -2.00. The van der Waals surface area contributed by atoms with E-state index in [9.17, 15) is 13.2 Å². The number of amides is 1. The summed E-state index contributed by atoms with van der Waals surface area (Å²) in [6.45, 7) is 3.06. The minimum atomic E-state index is -3.54. The molecule has 6 nitrogen and oxygen atoms in total. The first-order chi connectivity index (χ1) is 14.8. The Bertz CT molecular complexity index is 1300. The fourth-order valence-electron chi connectivity index (χ4n) is 3.92. The fourth-order valence-corrected chi connectivity index (χ4v) is 6.91. The number of carbonyl (C=O) groups excluding carboxylic acids is 1. The minimum absolute atomic E-state index is 0.212. The van der Waals surface area contributed by atoms with Crippen LogP contribution in [0.2, 0.25) is 5.02 Å². The third kappa shape index (κ3) is 4.48. The minimum Gasteiger partial charge on any atom is -0.319 e. The van der Waals surface area contributed by atoms with E-state index in [0.29, 0.717) is 28.5 Å². The summed E-state index contributed by atoms with van der Waals surface area (Å²) in [6, 6.07) is 9.81. The molecule has 1 aliphatic heterocycles. The molecule has 0 aliphatic carbocycles. The van der Waals surface area contributed by atoms with Crippen molar-refractivity contribution >= 4 is 49.1 Å². The van der Waals surface area contributed by atoms with Crippen molar-refractivity contribution in [1.82, 2.24) is 8.87 Å². The Morgan fingerprint density at radius 3 is 2.35 bits per heavy atom. The van der Waals surface area contributed by atoms with Gasteiger partial charge in [-0.2, -0.15) is 9.30 Å². The lowest BCUT2D eigenvalue weighted by molar-refractivity contribution is 0.0998. The molecule has 2 heterocycles. The number of hydrogen-bond donors (Lipinski definition) is 0. The second kappa shape index (κ2) is 8.86. The fraction of sp³-hybridized carbons (Fsp3) is 0.364. The summed E-state index contributed by atoms with van der Waals surface area (Å²) in [5.41, 5.74) is 2.35. The molecule has 0 spiro atoms. The molecule has 4 rings (SSSR count). The molecular weight excluding hydrogens is 454 g/mol. The maximum atomic E-state index is 12.9. The van der Waals surface area contributed by atoms with Crippen LogP contribution in [0, 0.1) is 6.92 Å². The van der Waals surface area contributed by atoms with Gasteiger partial charge in [-0.3, -0.25) is 4.79 Å². The number of thiazole rings is 1. The van der Waals surface area contributed by atoms with Gasteiger partial charge in [-0.25, -0.2) is 8.42 Å². The van der Waals surface area contributed by atoms with Gasteiger partial charge in [0, 0.05) is 30.7 Å². The predicted molar refractivity (Wildman–Crippen MR) is 124 cm³/mol. The van der Waals surface area contributed by atoms with E-state index in [1.54, 1.807) is 4.31 Å². The number of aryl methyl sites for hydroxylation is 2. The van der Waals surface area contributed by atoms with Gasteiger partial charge in [0.15, 0.2) is 4.80 Å². The molecule has 1 aliphatic rings. The SMILES string of the molecule is Cc1cc(Cl)cc2sc(=NC(=O)c3ccc(S(=O)(=O)N4CCCCCC4)cc3)n(C)c12. The molecule has 31 heavy (non-hydrogen) atoms. The van der Waals surface area contributed by atoms with Crippen molar-refractivity contribution < 1.29 is 13.2 Å². The van der Waals surface area contributed by atoms with E-state index in [0.717, 1.165) is 41.5 Å². The van der Waals surface area contributed by atoms with Gasteiger partial charge in [0.2, 0.25) is 10.0 Å². The highest BCUT2D eigenvalue weighted by molar-refractivity contribution is 7.89. The van der Waals surface area contributed by atoms with Crippen LogP contribution >= 0.6 is 22.9 Å². The average molecular weight is 478 g/mol. The van der Waals surface area contributed by atoms with E-state index in [2.05, 4.69) is 4.99 Å². The topological polar surface area (TPSA) is 71.7 Å². The van der Waals surface area contributed by atoms with Crippen LogP contribution in [-0.4, -0.2) is 36.3 Å². The van der Waals surface area contributed by atoms with Gasteiger partial charge in [0.1, 0.15) is 0 Å². The number of hydrogen-bond acceptors (Lipinski definition) is 4. The summed E-state index contributed by atoms with van der Waals surface area (Å²) in [6.07, 6.45) is 3.88. The molecule has 9 heteroatoms. The summed E-state index contributed by atoms with van der Waals surface area (Å²) in [5, 5.41) is 0.644. The van der Waals surface area contributed by atoms with Crippen LogP contribution in [0.1, 0.15) is 41.6 Å². The third-order valence-electron chi connectivity index (χ3n) is 5.56. The van der Waals surface area contributed by atoms with E-state index >= 15 is 0 Å². The first-order valence-corrected chi connectivity index (χ1v) is 12.9. The van der Waals surface area contributed by atoms with Gasteiger partial charge < -0.3 is 4.57 Å². The summed E-state index contributed by atoms with van der Waals surface area (Å²) >= 11 is 7.54. The Kier molecular flexibility index (Phi) is 6.35. The van der Waals surface area contributed by atoms with Crippen molar-refractivity contribution in [2.24, 2.45) is 12.0 Å². The van der Waals surface area contributed by atoms with E-state index < -0.39 is 15.9 Å². The smallest absolute Gasteiger partial charge is 0.279 e. The average Bonchev–Trinajstić information content (AvgIpc) is 2.90. The maximum Gasteiger partial charge on any atom is 0.279 e. The monoisotopic (exact) mass is 477 g/mol. The van der Waals surface area contributed by atoms with Gasteiger partial charge >= 0.3 is 0 Å². The lowest BCUT2D eigenvalue weighted by atomic mass is 10.2. The van der Waals surface area contributed by atoms with Crippen LogP contribution in [0.3, 0.4) is 0 Å². The Morgan fingerprint density at radius 2 is 1.71 bits per heavy atom. The lowest BCUT2D eigenvalue weighted by Crippen LogP contribution is -2.31. The molecule has 0 N–H and O–H groups in total. The van der Waals surface area contributed by atoms with E-state index in [-0.39, 0.29) is 4.90 Å². The lowest BCUT2D eigenvalue weighted by Gasteiger charge is -2.19. The van der Waals surface area contributed by atoms with Crippen molar-refractivity contribution in [2.45, 2.75) is 37.5 Å². The van der Waals surface area contributed by atoms with Gasteiger partial charge in [-0.1, -0.05) is 35.8 Å². The first kappa shape index (κ1) is 22.2. The van der Waals surface area contributed by atoms with Crippen LogP contribution in [0.4, 0.5) is 0 Å². The second-order valence-electron chi connectivity index (χ2n) is 7.77. The van der Waals surface area contributed by atoms with Crippen LogP contribution in [0.5, 0.6) is 0 Å². The highest BCUT2D eigenvalue weighted by Gasteiger charge is 2.25. The number of benzene rings is 2. The number of nitrogens with zero attached hydrogens (tertiary/aromatic N) is 3. The summed E-state index contributed by atoms with van der Waals surface area (Å²) in [7, 11) is -1.68. The first-order valence-electron chi connectivity index (χ1n) is 10.2. The molecule has 1 amide bonds. The quantitative estimate of drug-likeness (QED) is 0.557. The number of aromatic nitrogens is 1. The Labute approximate surface area is 190 Å².